The highest BCUT2D eigenvalue weighted by Gasteiger charge is 2.19. The molecular weight excluding hydrogens is 1160 g/mol. The Labute approximate surface area is 556 Å². The predicted octanol–water partition coefficient (Wildman–Crippen LogP) is 28.1. The highest BCUT2D eigenvalue weighted by atomic mass is 32.2. The lowest BCUT2D eigenvalue weighted by molar-refractivity contribution is 0.603. The Balaban J connectivity index is 1.73. The molecular formula is C75H125N5S6. The zero-order valence-electron chi connectivity index (χ0n) is 55.9. The molecule has 0 bridgehead atoms. The summed E-state index contributed by atoms with van der Waals surface area (Å²) in [5.74, 6) is 8.80. The van der Waals surface area contributed by atoms with E-state index in [1.54, 1.807) is 0 Å². The Morgan fingerprint density at radius 3 is 0.756 bits per heavy atom. The highest BCUT2D eigenvalue weighted by Crippen LogP contribution is 2.45. The van der Waals surface area contributed by atoms with Crippen LogP contribution in [0.1, 0.15) is 311 Å². The van der Waals surface area contributed by atoms with Gasteiger partial charge in [-0.1, -0.05) is 303 Å². The molecule has 0 spiro atoms. The minimum atomic E-state index is 0.583. The summed E-state index contributed by atoms with van der Waals surface area (Å²) in [6.07, 6.45) is 56.2. The van der Waals surface area contributed by atoms with Gasteiger partial charge < -0.3 is 10.6 Å². The first-order chi connectivity index (χ1) is 42.5. The van der Waals surface area contributed by atoms with Crippen LogP contribution < -0.4 is 10.6 Å². The Morgan fingerprint density at radius 1 is 0.267 bits per heavy atom. The lowest BCUT2D eigenvalue weighted by Crippen LogP contribution is -2.06. The molecule has 86 heavy (non-hydrogen) atoms. The van der Waals surface area contributed by atoms with Gasteiger partial charge in [0.2, 0.25) is 11.9 Å². The molecule has 0 saturated heterocycles. The second kappa shape index (κ2) is 54.0. The van der Waals surface area contributed by atoms with E-state index in [1.165, 1.54) is 311 Å². The number of nitrogens with one attached hydrogen (secondary N) is 2. The van der Waals surface area contributed by atoms with E-state index in [9.17, 15) is 0 Å². The maximum Gasteiger partial charge on any atom is 0.232 e. The minimum Gasteiger partial charge on any atom is -0.324 e. The molecule has 0 aliphatic rings. The van der Waals surface area contributed by atoms with Gasteiger partial charge in [0.05, 0.1) is 0 Å². The van der Waals surface area contributed by atoms with E-state index in [1.807, 2.05) is 0 Å². The van der Waals surface area contributed by atoms with Crippen molar-refractivity contribution in [2.24, 2.45) is 0 Å². The van der Waals surface area contributed by atoms with Crippen LogP contribution in [0.4, 0.5) is 23.3 Å². The van der Waals surface area contributed by atoms with Crippen molar-refractivity contribution in [1.29, 1.82) is 0 Å². The van der Waals surface area contributed by atoms with E-state index >= 15 is 0 Å². The van der Waals surface area contributed by atoms with E-state index in [2.05, 4.69) is 177 Å². The quantitative estimate of drug-likeness (QED) is 0.0328. The smallest absolute Gasteiger partial charge is 0.232 e. The summed E-state index contributed by atoms with van der Waals surface area (Å²) in [4.78, 5) is 24.4. The first kappa shape index (κ1) is 76.8. The summed E-state index contributed by atoms with van der Waals surface area (Å²) in [6.45, 7) is 13.9. The van der Waals surface area contributed by atoms with Gasteiger partial charge in [-0.25, -0.2) is 0 Å². The van der Waals surface area contributed by atoms with Gasteiger partial charge in [-0.2, -0.15) is 15.0 Å². The highest BCUT2D eigenvalue weighted by molar-refractivity contribution is 8.04. The predicted molar refractivity (Wildman–Crippen MR) is 397 cm³/mol. The Hall–Kier alpha value is -1.63. The molecule has 0 radical (unpaired) electrons. The average Bonchev–Trinajstić information content (AvgIpc) is 3.71. The van der Waals surface area contributed by atoms with Gasteiger partial charge in [0.1, 0.15) is 0 Å². The number of rotatable bonds is 59. The standard InChI is InChI=1S/C75H125N5S6/c1-7-13-19-25-31-37-46-54-81-67-60-65(61-68(82-55-47-38-32-26-20-14-8-2)71(67)85-58-50-41-35-29-23-17-11-5)76-74-78-73(64-52-44-43-45-53-64)79-75(80-74)77-66-62-69(83-56-48-39-33-27-21-15-9-3)72(86-59-51-42-36-30-24-18-12-6)70(63-66)84-57-49-40-34-28-22-16-10-4/h43-45,52-53,60-63H,7-42,46-51,54-59H2,1-6H3,(H2,76,77,78,79,80). The number of aromatic nitrogens is 3. The van der Waals surface area contributed by atoms with Crippen LogP contribution >= 0.6 is 70.6 Å². The Kier molecular flexibility index (Phi) is 48.2. The molecule has 11 heteroatoms. The van der Waals surface area contributed by atoms with E-state index < -0.39 is 0 Å². The van der Waals surface area contributed by atoms with Crippen LogP contribution in [0.5, 0.6) is 0 Å². The first-order valence-electron chi connectivity index (χ1n) is 36.0. The largest absolute Gasteiger partial charge is 0.324 e. The van der Waals surface area contributed by atoms with Crippen LogP contribution in [-0.2, 0) is 0 Å². The van der Waals surface area contributed by atoms with Gasteiger partial charge in [0.25, 0.3) is 0 Å². The summed E-state index contributed by atoms with van der Waals surface area (Å²) in [5.41, 5.74) is 3.13. The fourth-order valence-corrected chi connectivity index (χ4v) is 18.4. The van der Waals surface area contributed by atoms with E-state index in [-0.39, 0.29) is 0 Å². The molecule has 0 atom stereocenters. The molecule has 4 aromatic rings. The fourth-order valence-electron chi connectivity index (χ4n) is 10.9. The second-order valence-electron chi connectivity index (χ2n) is 24.3. The van der Waals surface area contributed by atoms with Crippen LogP contribution in [0.25, 0.3) is 11.4 Å². The van der Waals surface area contributed by atoms with Crippen molar-refractivity contribution in [3.05, 3.63) is 54.6 Å². The van der Waals surface area contributed by atoms with E-state index in [4.69, 9.17) is 15.0 Å². The minimum absolute atomic E-state index is 0.583. The second-order valence-corrected chi connectivity index (χ2v) is 31.1. The third kappa shape index (κ3) is 36.4. The zero-order valence-corrected chi connectivity index (χ0v) is 60.8. The normalized spacial score (nSPS) is 11.6. The summed E-state index contributed by atoms with van der Waals surface area (Å²) in [6, 6.07) is 20.3. The van der Waals surface area contributed by atoms with Gasteiger partial charge in [0.15, 0.2) is 5.82 Å². The molecule has 0 amide bonds. The van der Waals surface area contributed by atoms with Gasteiger partial charge in [-0.15, -0.1) is 70.6 Å². The van der Waals surface area contributed by atoms with Crippen LogP contribution in [0, 0.1) is 0 Å². The number of thioether (sulfide) groups is 6. The third-order valence-corrected chi connectivity index (χ3v) is 23.7. The van der Waals surface area contributed by atoms with Crippen molar-refractivity contribution < 1.29 is 0 Å². The lowest BCUT2D eigenvalue weighted by Gasteiger charge is -2.19. The zero-order chi connectivity index (χ0) is 61.0. The molecule has 486 valence electrons. The van der Waals surface area contributed by atoms with Crippen LogP contribution in [0.2, 0.25) is 0 Å². The van der Waals surface area contributed by atoms with Crippen LogP contribution in [0.15, 0.2) is 84.0 Å². The van der Waals surface area contributed by atoms with Crippen LogP contribution in [-0.4, -0.2) is 49.5 Å². The molecule has 0 saturated carbocycles. The maximum atomic E-state index is 5.29. The lowest BCUT2D eigenvalue weighted by atomic mass is 10.1. The molecule has 0 fully saturated rings. The average molecular weight is 1290 g/mol. The molecule has 0 aliphatic carbocycles. The summed E-state index contributed by atoms with van der Waals surface area (Å²) < 4.78 is 0. The van der Waals surface area contributed by atoms with Crippen molar-refractivity contribution >= 4 is 93.8 Å². The van der Waals surface area contributed by atoms with Crippen molar-refractivity contribution in [1.82, 2.24) is 15.0 Å². The Morgan fingerprint density at radius 2 is 0.500 bits per heavy atom. The van der Waals surface area contributed by atoms with Crippen molar-refractivity contribution in [3.63, 3.8) is 0 Å². The Bertz CT molecular complexity index is 2010. The molecule has 0 unspecified atom stereocenters. The monoisotopic (exact) mass is 1290 g/mol. The summed E-state index contributed by atoms with van der Waals surface area (Å²) in [7, 11) is 0. The van der Waals surface area contributed by atoms with Crippen molar-refractivity contribution in [2.75, 3.05) is 45.2 Å². The van der Waals surface area contributed by atoms with Crippen molar-refractivity contribution in [2.45, 2.75) is 341 Å². The topological polar surface area (TPSA) is 62.7 Å². The number of benzene rings is 3. The molecule has 2 N–H and O–H groups in total. The molecule has 3 aromatic carbocycles. The molecule has 5 nitrogen and oxygen atoms in total. The molecule has 1 aromatic heterocycles. The van der Waals surface area contributed by atoms with Crippen molar-refractivity contribution in [3.8, 4) is 11.4 Å². The molecule has 4 rings (SSSR count). The van der Waals surface area contributed by atoms with Gasteiger partial charge >= 0.3 is 0 Å². The van der Waals surface area contributed by atoms with E-state index in [0.717, 1.165) is 39.9 Å². The van der Waals surface area contributed by atoms with Gasteiger partial charge in [-0.05, 0) is 97.3 Å². The first-order valence-corrected chi connectivity index (χ1v) is 41.9. The maximum absolute atomic E-state index is 5.29. The number of hydrogen-bond donors (Lipinski definition) is 2. The summed E-state index contributed by atoms with van der Waals surface area (Å²) in [5, 5.41) is 7.70. The van der Waals surface area contributed by atoms with Crippen LogP contribution in [0.3, 0.4) is 0 Å². The third-order valence-electron chi connectivity index (χ3n) is 16.2. The number of unbranched alkanes of at least 4 members (excludes halogenated alkanes) is 36. The van der Waals surface area contributed by atoms with E-state index in [0.29, 0.717) is 17.7 Å². The SMILES string of the molecule is CCCCCCCCCSc1cc(Nc2nc(Nc3cc(SCCCCCCCCC)c(SCCCCCCCCC)c(SCCCCCCCCC)c3)nc(-c3ccccc3)n2)cc(SCCCCCCCCC)c1SCCCCCCCCC. The fraction of sp³-hybridized carbons (Fsp3) is 0.720. The number of anilines is 4. The number of nitrogens with zero attached hydrogens (tertiary/aromatic N) is 3. The summed E-state index contributed by atoms with van der Waals surface area (Å²) >= 11 is 12.6. The molecule has 0 aliphatic heterocycles. The molecule has 1 heterocycles. The van der Waals surface area contributed by atoms with Gasteiger partial charge in [0, 0.05) is 46.3 Å². The number of hydrogen-bond acceptors (Lipinski definition) is 11. The van der Waals surface area contributed by atoms with Gasteiger partial charge in [-0.3, -0.25) is 0 Å².